The summed E-state index contributed by atoms with van der Waals surface area (Å²) in [6.45, 7) is 0. The van der Waals surface area contributed by atoms with Crippen molar-refractivity contribution in [1.82, 2.24) is 14.8 Å². The lowest BCUT2D eigenvalue weighted by Gasteiger charge is -2.07. The molecule has 0 bridgehead atoms. The van der Waals surface area contributed by atoms with Gasteiger partial charge < -0.3 is 5.11 Å². The molecule has 106 valence electrons. The molecule has 2 N–H and O–H groups in total. The second-order valence-corrected chi connectivity index (χ2v) is 5.76. The highest BCUT2D eigenvalue weighted by Gasteiger charge is 2.13. The van der Waals surface area contributed by atoms with Crippen molar-refractivity contribution in [2.45, 2.75) is 6.42 Å². The van der Waals surface area contributed by atoms with Crippen LogP contribution in [0.1, 0.15) is 6.42 Å². The van der Waals surface area contributed by atoms with Crippen molar-refractivity contribution in [3.63, 3.8) is 0 Å². The number of rotatable bonds is 6. The topological polar surface area (TPSA) is 114 Å². The number of carboxylic acids is 1. The summed E-state index contributed by atoms with van der Waals surface area (Å²) in [6.07, 6.45) is 4.20. The van der Waals surface area contributed by atoms with Crippen LogP contribution in [0.4, 0.5) is 5.69 Å². The minimum atomic E-state index is -3.69. The molecule has 0 aliphatic heterocycles. The molecular formula is C11H12N4O4S. The first-order valence-electron chi connectivity index (χ1n) is 5.65. The van der Waals surface area contributed by atoms with Crippen LogP contribution in [0, 0.1) is 0 Å². The average Bonchev–Trinajstić information content (AvgIpc) is 2.91. The number of carbonyl (C=O) groups is 1. The molecule has 0 unspecified atom stereocenters. The number of nitrogens with zero attached hydrogens (tertiary/aromatic N) is 3. The van der Waals surface area contributed by atoms with E-state index < -0.39 is 28.2 Å². The Bertz CT molecular complexity index is 680. The van der Waals surface area contributed by atoms with Gasteiger partial charge in [-0.2, -0.15) is 5.10 Å². The zero-order valence-electron chi connectivity index (χ0n) is 10.3. The van der Waals surface area contributed by atoms with E-state index in [9.17, 15) is 13.2 Å². The number of aromatic nitrogens is 3. The maximum Gasteiger partial charge on any atom is 0.304 e. The SMILES string of the molecule is O=C(O)CCS(=O)(=O)Nc1ccc(-n2cccn2)nc1. The van der Waals surface area contributed by atoms with Gasteiger partial charge in [0.15, 0.2) is 5.82 Å². The van der Waals surface area contributed by atoms with Crippen molar-refractivity contribution in [3.8, 4) is 5.82 Å². The second-order valence-electron chi connectivity index (χ2n) is 3.92. The van der Waals surface area contributed by atoms with Crippen LogP contribution in [0.15, 0.2) is 36.8 Å². The molecule has 2 aromatic rings. The maximum atomic E-state index is 11.6. The summed E-state index contributed by atoms with van der Waals surface area (Å²) in [5.74, 6) is -1.10. The van der Waals surface area contributed by atoms with E-state index in [4.69, 9.17) is 5.11 Å². The number of aliphatic carboxylic acids is 1. The van der Waals surface area contributed by atoms with E-state index in [0.29, 0.717) is 5.82 Å². The largest absolute Gasteiger partial charge is 0.481 e. The van der Waals surface area contributed by atoms with Crippen molar-refractivity contribution >= 4 is 21.7 Å². The van der Waals surface area contributed by atoms with Crippen LogP contribution in [0.3, 0.4) is 0 Å². The lowest BCUT2D eigenvalue weighted by Crippen LogP contribution is -2.19. The van der Waals surface area contributed by atoms with Crippen LogP contribution in [0.25, 0.3) is 5.82 Å². The zero-order chi connectivity index (χ0) is 14.6. The lowest BCUT2D eigenvalue weighted by atomic mass is 10.4. The first-order chi connectivity index (χ1) is 9.46. The molecule has 0 aliphatic rings. The second kappa shape index (κ2) is 5.70. The van der Waals surface area contributed by atoms with Gasteiger partial charge in [0.25, 0.3) is 0 Å². The molecule has 8 nitrogen and oxygen atoms in total. The molecular weight excluding hydrogens is 284 g/mol. The molecule has 0 aromatic carbocycles. The van der Waals surface area contributed by atoms with Crippen molar-refractivity contribution in [1.29, 1.82) is 0 Å². The molecule has 0 fully saturated rings. The Hall–Kier alpha value is -2.42. The Morgan fingerprint density at radius 2 is 2.20 bits per heavy atom. The molecule has 9 heteroatoms. The minimum Gasteiger partial charge on any atom is -0.481 e. The Kier molecular flexibility index (Phi) is 3.99. The van der Waals surface area contributed by atoms with Crippen LogP contribution in [0.2, 0.25) is 0 Å². The van der Waals surface area contributed by atoms with Gasteiger partial charge in [0.2, 0.25) is 10.0 Å². The Morgan fingerprint density at radius 1 is 1.40 bits per heavy atom. The van der Waals surface area contributed by atoms with Crippen molar-refractivity contribution in [3.05, 3.63) is 36.8 Å². The third kappa shape index (κ3) is 3.79. The third-order valence-electron chi connectivity index (χ3n) is 2.35. The maximum absolute atomic E-state index is 11.6. The van der Waals surface area contributed by atoms with E-state index in [1.807, 2.05) is 0 Å². The molecule has 20 heavy (non-hydrogen) atoms. The van der Waals surface area contributed by atoms with E-state index >= 15 is 0 Å². The van der Waals surface area contributed by atoms with Crippen LogP contribution in [-0.4, -0.2) is 40.0 Å². The van der Waals surface area contributed by atoms with Crippen LogP contribution in [-0.2, 0) is 14.8 Å². The van der Waals surface area contributed by atoms with Gasteiger partial charge in [-0.05, 0) is 18.2 Å². The summed E-state index contributed by atoms with van der Waals surface area (Å²) in [4.78, 5) is 14.4. The van der Waals surface area contributed by atoms with E-state index in [-0.39, 0.29) is 5.69 Å². The number of pyridine rings is 1. The highest BCUT2D eigenvalue weighted by molar-refractivity contribution is 7.92. The molecule has 0 radical (unpaired) electrons. The molecule has 0 atom stereocenters. The van der Waals surface area contributed by atoms with E-state index in [0.717, 1.165) is 0 Å². The molecule has 0 saturated heterocycles. The highest BCUT2D eigenvalue weighted by atomic mass is 32.2. The minimum absolute atomic E-state index is 0.270. The quantitative estimate of drug-likeness (QED) is 0.801. The third-order valence-corrected chi connectivity index (χ3v) is 3.63. The van der Waals surface area contributed by atoms with Crippen molar-refractivity contribution in [2.75, 3.05) is 10.5 Å². The number of sulfonamides is 1. The number of nitrogens with one attached hydrogen (secondary N) is 1. The van der Waals surface area contributed by atoms with Gasteiger partial charge in [0.1, 0.15) is 0 Å². The average molecular weight is 296 g/mol. The smallest absolute Gasteiger partial charge is 0.304 e. The molecule has 2 heterocycles. The molecule has 0 saturated carbocycles. The first-order valence-corrected chi connectivity index (χ1v) is 7.30. The number of anilines is 1. The molecule has 0 aliphatic carbocycles. The van der Waals surface area contributed by atoms with Gasteiger partial charge in [0, 0.05) is 12.4 Å². The first kappa shape index (κ1) is 14.0. The van der Waals surface area contributed by atoms with E-state index in [1.165, 1.54) is 16.9 Å². The van der Waals surface area contributed by atoms with Gasteiger partial charge in [0.05, 0.1) is 24.1 Å². The summed E-state index contributed by atoms with van der Waals surface area (Å²) >= 11 is 0. The van der Waals surface area contributed by atoms with Gasteiger partial charge >= 0.3 is 5.97 Å². The van der Waals surface area contributed by atoms with Gasteiger partial charge in [-0.1, -0.05) is 0 Å². The normalized spacial score (nSPS) is 11.2. The van der Waals surface area contributed by atoms with Gasteiger partial charge in [-0.3, -0.25) is 9.52 Å². The summed E-state index contributed by atoms with van der Waals surface area (Å²) < 4.78 is 27.0. The molecule has 2 rings (SSSR count). The highest BCUT2D eigenvalue weighted by Crippen LogP contribution is 2.11. The van der Waals surface area contributed by atoms with Crippen molar-refractivity contribution in [2.24, 2.45) is 0 Å². The predicted molar refractivity (Wildman–Crippen MR) is 71.0 cm³/mol. The Labute approximate surface area is 115 Å². The predicted octanol–water partition coefficient (Wildman–Crippen LogP) is 0.484. The van der Waals surface area contributed by atoms with Crippen LogP contribution >= 0.6 is 0 Å². The number of carboxylic acid groups (broad SMARTS) is 1. The Balaban J connectivity index is 2.05. The molecule has 2 aromatic heterocycles. The number of hydrogen-bond donors (Lipinski definition) is 2. The summed E-state index contributed by atoms with van der Waals surface area (Å²) in [6, 6.07) is 4.87. The molecule has 0 spiro atoms. The standard InChI is InChI=1S/C11H12N4O4S/c16-11(17)4-7-20(18,19)14-9-2-3-10(12-8-9)15-6-1-5-13-15/h1-3,5-6,8,14H,4,7H2,(H,16,17). The summed E-state index contributed by atoms with van der Waals surface area (Å²) in [7, 11) is -3.69. The van der Waals surface area contributed by atoms with Gasteiger partial charge in [-0.25, -0.2) is 18.1 Å². The van der Waals surface area contributed by atoms with E-state index in [1.54, 1.807) is 24.5 Å². The van der Waals surface area contributed by atoms with Crippen molar-refractivity contribution < 1.29 is 18.3 Å². The monoisotopic (exact) mass is 296 g/mol. The zero-order valence-corrected chi connectivity index (χ0v) is 11.1. The fourth-order valence-corrected chi connectivity index (χ4v) is 2.46. The molecule has 0 amide bonds. The lowest BCUT2D eigenvalue weighted by molar-refractivity contribution is -0.136. The summed E-state index contributed by atoms with van der Waals surface area (Å²) in [5, 5.41) is 12.5. The van der Waals surface area contributed by atoms with Gasteiger partial charge in [-0.15, -0.1) is 0 Å². The number of hydrogen-bond acceptors (Lipinski definition) is 5. The fraction of sp³-hybridized carbons (Fsp3) is 0.182. The summed E-state index contributed by atoms with van der Waals surface area (Å²) in [5.41, 5.74) is 0.270. The van der Waals surface area contributed by atoms with Crippen LogP contribution < -0.4 is 4.72 Å². The Morgan fingerprint density at radius 3 is 2.75 bits per heavy atom. The van der Waals surface area contributed by atoms with Crippen LogP contribution in [0.5, 0.6) is 0 Å². The fourth-order valence-electron chi connectivity index (χ4n) is 1.44. The van der Waals surface area contributed by atoms with E-state index in [2.05, 4.69) is 14.8 Å².